The smallest absolute Gasteiger partial charge is 0.216 e. The molecule has 0 spiro atoms. The Labute approximate surface area is 55.2 Å². The average molecular weight is 128 g/mol. The Morgan fingerprint density at radius 1 is 1.78 bits per heavy atom. The minimum atomic E-state index is 0.0134. The number of hydrogen-bond acceptors (Lipinski definition) is 2. The van der Waals surface area contributed by atoms with Gasteiger partial charge in [-0.05, 0) is 6.42 Å². The molecule has 0 aromatic carbocycles. The van der Waals surface area contributed by atoms with Crippen LogP contribution in [0.4, 0.5) is 0 Å². The predicted octanol–water partition coefficient (Wildman–Crippen LogP) is 0.213. The molecule has 9 heavy (non-hydrogen) atoms. The van der Waals surface area contributed by atoms with Crippen molar-refractivity contribution >= 4 is 12.1 Å². The third-order valence-corrected chi connectivity index (χ3v) is 0.830. The van der Waals surface area contributed by atoms with Crippen molar-refractivity contribution in [2.45, 2.75) is 13.3 Å². The number of hydrogen-bond donors (Lipinski definition) is 1. The Morgan fingerprint density at radius 3 is 2.89 bits per heavy atom. The number of nitrogens with one attached hydrogen (secondary N) is 1. The average Bonchev–Trinajstić information content (AvgIpc) is 1.80. The van der Waals surface area contributed by atoms with Crippen LogP contribution < -0.4 is 5.32 Å². The van der Waals surface area contributed by atoms with E-state index < -0.39 is 0 Å². The molecule has 0 heterocycles. The van der Waals surface area contributed by atoms with E-state index in [-0.39, 0.29) is 5.91 Å². The first-order chi connectivity index (χ1) is 4.27. The number of aliphatic imine (C=N–C) groups is 1. The number of nitrogens with zero attached hydrogens (tertiary/aromatic N) is 1. The van der Waals surface area contributed by atoms with Gasteiger partial charge in [0.15, 0.2) is 0 Å². The fourth-order valence-corrected chi connectivity index (χ4v) is 0.442. The first kappa shape index (κ1) is 8.14. The normalized spacial score (nSPS) is 10.0. The van der Waals surface area contributed by atoms with Crippen molar-refractivity contribution in [1.82, 2.24) is 5.32 Å². The number of carbonyl (C=O) groups excluding carboxylic acids is 1. The fraction of sp³-hybridized carbons (Fsp3) is 0.667. The predicted molar refractivity (Wildman–Crippen MR) is 37.7 cm³/mol. The molecule has 3 nitrogen and oxygen atoms in total. The van der Waals surface area contributed by atoms with Crippen LogP contribution in [0.1, 0.15) is 13.3 Å². The van der Waals surface area contributed by atoms with E-state index in [1.54, 1.807) is 13.3 Å². The van der Waals surface area contributed by atoms with Crippen molar-refractivity contribution in [2.24, 2.45) is 4.99 Å². The van der Waals surface area contributed by atoms with Crippen LogP contribution in [-0.2, 0) is 4.79 Å². The lowest BCUT2D eigenvalue weighted by Crippen LogP contribution is -2.20. The molecule has 1 amide bonds. The van der Waals surface area contributed by atoms with Crippen LogP contribution in [0.5, 0.6) is 0 Å². The Hall–Kier alpha value is -0.860. The molecule has 52 valence electrons. The lowest BCUT2D eigenvalue weighted by Gasteiger charge is -1.94. The van der Waals surface area contributed by atoms with Crippen molar-refractivity contribution in [3.8, 4) is 0 Å². The summed E-state index contributed by atoms with van der Waals surface area (Å²) in [5.74, 6) is 0.0134. The van der Waals surface area contributed by atoms with E-state index in [1.165, 1.54) is 6.92 Å². The van der Waals surface area contributed by atoms with Crippen LogP contribution in [0.15, 0.2) is 4.99 Å². The van der Waals surface area contributed by atoms with E-state index >= 15 is 0 Å². The highest BCUT2D eigenvalue weighted by molar-refractivity contribution is 5.73. The second kappa shape index (κ2) is 5.28. The highest BCUT2D eigenvalue weighted by atomic mass is 16.1. The second-order valence-electron chi connectivity index (χ2n) is 1.71. The van der Waals surface area contributed by atoms with E-state index in [1.807, 2.05) is 0 Å². The molecule has 0 atom stereocenters. The molecule has 0 aromatic rings. The molecule has 0 saturated carbocycles. The van der Waals surface area contributed by atoms with Gasteiger partial charge >= 0.3 is 0 Å². The molecule has 0 fully saturated rings. The van der Waals surface area contributed by atoms with Crippen LogP contribution >= 0.6 is 0 Å². The van der Waals surface area contributed by atoms with E-state index in [4.69, 9.17) is 0 Å². The van der Waals surface area contributed by atoms with Gasteiger partial charge in [-0.25, -0.2) is 0 Å². The van der Waals surface area contributed by atoms with Gasteiger partial charge in [0.1, 0.15) is 0 Å². The summed E-state index contributed by atoms with van der Waals surface area (Å²) in [6.45, 7) is 2.19. The van der Waals surface area contributed by atoms with Gasteiger partial charge in [0, 0.05) is 26.7 Å². The van der Waals surface area contributed by atoms with Gasteiger partial charge in [0.2, 0.25) is 5.91 Å². The second-order valence-corrected chi connectivity index (χ2v) is 1.71. The summed E-state index contributed by atoms with van der Waals surface area (Å²) >= 11 is 0. The topological polar surface area (TPSA) is 41.5 Å². The highest BCUT2D eigenvalue weighted by Gasteiger charge is 1.85. The SMILES string of the molecule is C/N=C\CCNC(C)=O. The molecule has 0 bridgehead atoms. The largest absolute Gasteiger partial charge is 0.356 e. The van der Waals surface area contributed by atoms with Gasteiger partial charge in [-0.3, -0.25) is 4.79 Å². The zero-order chi connectivity index (χ0) is 7.11. The molecule has 0 unspecified atom stereocenters. The van der Waals surface area contributed by atoms with Crippen molar-refractivity contribution in [3.63, 3.8) is 0 Å². The van der Waals surface area contributed by atoms with Crippen molar-refractivity contribution in [2.75, 3.05) is 13.6 Å². The van der Waals surface area contributed by atoms with E-state index in [0.29, 0.717) is 6.54 Å². The summed E-state index contributed by atoms with van der Waals surface area (Å²) in [7, 11) is 1.72. The summed E-state index contributed by atoms with van der Waals surface area (Å²) in [4.78, 5) is 14.0. The van der Waals surface area contributed by atoms with Crippen LogP contribution in [0.25, 0.3) is 0 Å². The maximum absolute atomic E-state index is 10.3. The third kappa shape index (κ3) is 7.14. The molecule has 0 saturated heterocycles. The minimum absolute atomic E-state index is 0.0134. The number of amides is 1. The van der Waals surface area contributed by atoms with Gasteiger partial charge < -0.3 is 10.3 Å². The minimum Gasteiger partial charge on any atom is -0.356 e. The zero-order valence-corrected chi connectivity index (χ0v) is 5.85. The van der Waals surface area contributed by atoms with Gasteiger partial charge in [-0.15, -0.1) is 0 Å². The maximum Gasteiger partial charge on any atom is 0.216 e. The molecule has 0 rings (SSSR count). The van der Waals surface area contributed by atoms with Crippen LogP contribution in [0, 0.1) is 0 Å². The summed E-state index contributed by atoms with van der Waals surface area (Å²) in [6.07, 6.45) is 2.59. The zero-order valence-electron chi connectivity index (χ0n) is 5.85. The van der Waals surface area contributed by atoms with Crippen molar-refractivity contribution in [3.05, 3.63) is 0 Å². The lowest BCUT2D eigenvalue weighted by molar-refractivity contribution is -0.118. The quantitative estimate of drug-likeness (QED) is 0.428. The van der Waals surface area contributed by atoms with Crippen LogP contribution in [-0.4, -0.2) is 25.7 Å². The molecule has 0 aliphatic heterocycles. The molecule has 0 aliphatic rings. The molecule has 3 heteroatoms. The number of rotatable bonds is 3. The Kier molecular flexibility index (Phi) is 4.78. The monoisotopic (exact) mass is 128 g/mol. The molecule has 0 aromatic heterocycles. The summed E-state index contributed by atoms with van der Waals surface area (Å²) < 4.78 is 0. The van der Waals surface area contributed by atoms with E-state index in [2.05, 4.69) is 10.3 Å². The van der Waals surface area contributed by atoms with Crippen molar-refractivity contribution in [1.29, 1.82) is 0 Å². The first-order valence-corrected chi connectivity index (χ1v) is 2.92. The number of carbonyl (C=O) groups is 1. The van der Waals surface area contributed by atoms with Crippen LogP contribution in [0.3, 0.4) is 0 Å². The van der Waals surface area contributed by atoms with Crippen molar-refractivity contribution < 1.29 is 4.79 Å². The maximum atomic E-state index is 10.3. The molecular formula is C6H12N2O. The van der Waals surface area contributed by atoms with Gasteiger partial charge in [-0.2, -0.15) is 0 Å². The summed E-state index contributed by atoms with van der Waals surface area (Å²) in [5, 5.41) is 2.65. The molecule has 0 aliphatic carbocycles. The van der Waals surface area contributed by atoms with Crippen LogP contribution in [0.2, 0.25) is 0 Å². The Balaban J connectivity index is 3.01. The Bertz CT molecular complexity index is 110. The molecule has 1 N–H and O–H groups in total. The molecular weight excluding hydrogens is 116 g/mol. The lowest BCUT2D eigenvalue weighted by atomic mass is 10.4. The third-order valence-electron chi connectivity index (χ3n) is 0.830. The van der Waals surface area contributed by atoms with Gasteiger partial charge in [0.25, 0.3) is 0 Å². The fourth-order valence-electron chi connectivity index (χ4n) is 0.442. The first-order valence-electron chi connectivity index (χ1n) is 2.92. The highest BCUT2D eigenvalue weighted by Crippen LogP contribution is 1.69. The van der Waals surface area contributed by atoms with E-state index in [0.717, 1.165) is 6.42 Å². The summed E-state index contributed by atoms with van der Waals surface area (Å²) in [5.41, 5.74) is 0. The van der Waals surface area contributed by atoms with E-state index in [9.17, 15) is 4.79 Å². The Morgan fingerprint density at radius 2 is 2.44 bits per heavy atom. The molecule has 0 radical (unpaired) electrons. The van der Waals surface area contributed by atoms with Gasteiger partial charge in [0.05, 0.1) is 0 Å². The standard InChI is InChI=1S/C6H12N2O/c1-6(9)8-5-3-4-7-2/h4H,3,5H2,1-2H3,(H,8,9)/b7-4-. The summed E-state index contributed by atoms with van der Waals surface area (Å²) in [6, 6.07) is 0. The van der Waals surface area contributed by atoms with Gasteiger partial charge in [-0.1, -0.05) is 0 Å².